The number of amides is 1. The summed E-state index contributed by atoms with van der Waals surface area (Å²) >= 11 is 0. The summed E-state index contributed by atoms with van der Waals surface area (Å²) in [5.74, 6) is -2.27. The second-order valence-corrected chi connectivity index (χ2v) is 11.0. The lowest BCUT2D eigenvalue weighted by Crippen LogP contribution is -2.49. The van der Waals surface area contributed by atoms with E-state index >= 15 is 0 Å². The molecule has 10 heteroatoms. The van der Waals surface area contributed by atoms with Crippen molar-refractivity contribution in [2.45, 2.75) is 50.5 Å². The Morgan fingerprint density at radius 2 is 1.76 bits per heavy atom. The van der Waals surface area contributed by atoms with Gasteiger partial charge in [-0.2, -0.15) is 4.31 Å². The van der Waals surface area contributed by atoms with Crippen molar-refractivity contribution in [2.24, 2.45) is 5.41 Å². The van der Waals surface area contributed by atoms with Crippen LogP contribution in [0.5, 0.6) is 5.75 Å². The number of ether oxygens (including phenoxy) is 1. The lowest BCUT2D eigenvalue weighted by atomic mass is 9.86. The van der Waals surface area contributed by atoms with E-state index in [1.165, 1.54) is 28.6 Å². The molecule has 0 bridgehead atoms. The van der Waals surface area contributed by atoms with E-state index in [4.69, 9.17) is 4.74 Å². The van der Waals surface area contributed by atoms with Crippen LogP contribution < -0.4 is 10.1 Å². The predicted molar refractivity (Wildman–Crippen MR) is 121 cm³/mol. The molecule has 0 saturated carbocycles. The number of carbonyl (C=O) groups excluding carboxylic acids is 1. The highest BCUT2D eigenvalue weighted by Crippen LogP contribution is 2.26. The van der Waals surface area contributed by atoms with Crippen LogP contribution in [0.2, 0.25) is 0 Å². The topological polar surface area (TPSA) is 75.7 Å². The molecule has 1 aliphatic heterocycles. The number of rotatable bonds is 9. The fourth-order valence-corrected chi connectivity index (χ4v) is 5.30. The van der Waals surface area contributed by atoms with Gasteiger partial charge in [-0.25, -0.2) is 21.6 Å². The van der Waals surface area contributed by atoms with Gasteiger partial charge in [-0.05, 0) is 56.0 Å². The minimum atomic E-state index is -3.79. The Balaban J connectivity index is 1.45. The highest BCUT2D eigenvalue weighted by Gasteiger charge is 2.33. The first-order chi connectivity index (χ1) is 16.0. The Labute approximate surface area is 198 Å². The van der Waals surface area contributed by atoms with Crippen LogP contribution in [0.25, 0.3) is 0 Å². The maximum absolute atomic E-state index is 13.6. The smallest absolute Gasteiger partial charge is 0.243 e. The first kappa shape index (κ1) is 26.0. The number of benzene rings is 2. The molecule has 1 saturated heterocycles. The molecule has 0 atom stereocenters. The number of halogens is 3. The SMILES string of the molecule is CC(C)(CCCOc1ccc(F)cc1F)C(=O)NC1CCN(S(=O)(=O)c2cccc(F)c2)CC1. The Morgan fingerprint density at radius 1 is 1.09 bits per heavy atom. The Hall–Kier alpha value is -2.59. The van der Waals surface area contributed by atoms with Crippen LogP contribution >= 0.6 is 0 Å². The fraction of sp³-hybridized carbons (Fsp3) is 0.458. The summed E-state index contributed by atoms with van der Waals surface area (Å²) in [7, 11) is -3.79. The molecule has 0 aromatic heterocycles. The van der Waals surface area contributed by atoms with Gasteiger partial charge in [0.1, 0.15) is 11.6 Å². The number of nitrogens with zero attached hydrogens (tertiary/aromatic N) is 1. The van der Waals surface area contributed by atoms with Gasteiger partial charge in [0.2, 0.25) is 15.9 Å². The van der Waals surface area contributed by atoms with E-state index in [2.05, 4.69) is 5.32 Å². The van der Waals surface area contributed by atoms with Gasteiger partial charge < -0.3 is 10.1 Å². The van der Waals surface area contributed by atoms with E-state index in [1.54, 1.807) is 13.8 Å². The normalized spacial score (nSPS) is 15.8. The molecule has 1 amide bonds. The Morgan fingerprint density at radius 3 is 2.41 bits per heavy atom. The van der Waals surface area contributed by atoms with Gasteiger partial charge in [-0.15, -0.1) is 0 Å². The van der Waals surface area contributed by atoms with E-state index < -0.39 is 32.9 Å². The third-order valence-electron chi connectivity index (χ3n) is 5.94. The molecule has 2 aromatic carbocycles. The van der Waals surface area contributed by atoms with E-state index in [0.29, 0.717) is 25.7 Å². The summed E-state index contributed by atoms with van der Waals surface area (Å²) in [6.45, 7) is 4.22. The Kier molecular flexibility index (Phi) is 8.25. The molecule has 1 aliphatic rings. The second-order valence-electron chi connectivity index (χ2n) is 9.02. The lowest BCUT2D eigenvalue weighted by Gasteiger charge is -2.33. The molecule has 186 valence electrons. The van der Waals surface area contributed by atoms with E-state index in [0.717, 1.165) is 18.2 Å². The number of hydrogen-bond acceptors (Lipinski definition) is 4. The highest BCUT2D eigenvalue weighted by molar-refractivity contribution is 7.89. The summed E-state index contributed by atoms with van der Waals surface area (Å²) < 4.78 is 72.1. The molecule has 6 nitrogen and oxygen atoms in total. The zero-order valence-electron chi connectivity index (χ0n) is 19.2. The fourth-order valence-electron chi connectivity index (χ4n) is 3.80. The van der Waals surface area contributed by atoms with Crippen molar-refractivity contribution in [1.29, 1.82) is 0 Å². The Bertz CT molecular complexity index is 1120. The van der Waals surface area contributed by atoms with Crippen molar-refractivity contribution < 1.29 is 31.1 Å². The summed E-state index contributed by atoms with van der Waals surface area (Å²) in [6, 6.07) is 7.84. The van der Waals surface area contributed by atoms with Crippen LogP contribution in [0, 0.1) is 22.9 Å². The first-order valence-corrected chi connectivity index (χ1v) is 12.6. The van der Waals surface area contributed by atoms with Crippen molar-refractivity contribution in [3.63, 3.8) is 0 Å². The van der Waals surface area contributed by atoms with E-state index in [9.17, 15) is 26.4 Å². The zero-order valence-corrected chi connectivity index (χ0v) is 20.0. The van der Waals surface area contributed by atoms with Gasteiger partial charge in [0.05, 0.1) is 11.5 Å². The van der Waals surface area contributed by atoms with Gasteiger partial charge in [0.25, 0.3) is 0 Å². The first-order valence-electron chi connectivity index (χ1n) is 11.1. The molecule has 1 N–H and O–H groups in total. The highest BCUT2D eigenvalue weighted by atomic mass is 32.2. The van der Waals surface area contributed by atoms with Crippen molar-refractivity contribution in [1.82, 2.24) is 9.62 Å². The van der Waals surface area contributed by atoms with Crippen LogP contribution in [0.3, 0.4) is 0 Å². The molecule has 0 aliphatic carbocycles. The van der Waals surface area contributed by atoms with Gasteiger partial charge in [0, 0.05) is 30.6 Å². The molecular formula is C24H29F3N2O4S. The van der Waals surface area contributed by atoms with Crippen LogP contribution in [-0.4, -0.2) is 44.4 Å². The predicted octanol–water partition coefficient (Wildman–Crippen LogP) is 4.26. The van der Waals surface area contributed by atoms with E-state index in [1.807, 2.05) is 0 Å². The lowest BCUT2D eigenvalue weighted by molar-refractivity contribution is -0.130. The minimum absolute atomic E-state index is 0.0383. The number of carbonyl (C=O) groups is 1. The summed E-state index contributed by atoms with van der Waals surface area (Å²) in [4.78, 5) is 12.7. The third-order valence-corrected chi connectivity index (χ3v) is 7.83. The molecule has 0 radical (unpaired) electrons. The zero-order chi connectivity index (χ0) is 24.9. The van der Waals surface area contributed by atoms with Crippen LogP contribution in [0.4, 0.5) is 13.2 Å². The minimum Gasteiger partial charge on any atom is -0.491 e. The monoisotopic (exact) mass is 498 g/mol. The largest absolute Gasteiger partial charge is 0.491 e. The number of nitrogens with one attached hydrogen (secondary N) is 1. The van der Waals surface area contributed by atoms with Crippen molar-refractivity contribution in [3.05, 3.63) is 59.9 Å². The summed E-state index contributed by atoms with van der Waals surface area (Å²) in [5.41, 5.74) is -0.713. The molecule has 1 heterocycles. The maximum atomic E-state index is 13.6. The summed E-state index contributed by atoms with van der Waals surface area (Å²) in [5, 5.41) is 2.99. The third kappa shape index (κ3) is 6.50. The average Bonchev–Trinajstić information content (AvgIpc) is 2.78. The molecule has 3 rings (SSSR count). The summed E-state index contributed by atoms with van der Waals surface area (Å²) in [6.07, 6.45) is 1.86. The average molecular weight is 499 g/mol. The van der Waals surface area contributed by atoms with Crippen LogP contribution in [0.1, 0.15) is 39.5 Å². The van der Waals surface area contributed by atoms with Crippen molar-refractivity contribution in [2.75, 3.05) is 19.7 Å². The number of piperidine rings is 1. The van der Waals surface area contributed by atoms with Crippen molar-refractivity contribution in [3.8, 4) is 5.75 Å². The van der Waals surface area contributed by atoms with E-state index in [-0.39, 0.29) is 42.3 Å². The van der Waals surface area contributed by atoms with Gasteiger partial charge in [-0.1, -0.05) is 19.9 Å². The molecule has 1 fully saturated rings. The maximum Gasteiger partial charge on any atom is 0.243 e. The molecule has 34 heavy (non-hydrogen) atoms. The van der Waals surface area contributed by atoms with Gasteiger partial charge in [-0.3, -0.25) is 4.79 Å². The number of hydrogen-bond donors (Lipinski definition) is 1. The van der Waals surface area contributed by atoms with Crippen LogP contribution in [-0.2, 0) is 14.8 Å². The molecule has 0 spiro atoms. The quantitative estimate of drug-likeness (QED) is 0.525. The van der Waals surface area contributed by atoms with Crippen molar-refractivity contribution >= 4 is 15.9 Å². The van der Waals surface area contributed by atoms with Gasteiger partial charge >= 0.3 is 0 Å². The molecule has 0 unspecified atom stereocenters. The second kappa shape index (κ2) is 10.8. The van der Waals surface area contributed by atoms with Gasteiger partial charge in [0.15, 0.2) is 11.6 Å². The standard InChI is InChI=1S/C24H29F3N2O4S/c1-24(2,11-4-14-33-22-8-7-18(26)16-21(22)27)23(30)28-19-9-12-29(13-10-19)34(31,32)20-6-3-5-17(25)15-20/h3,5-8,15-16,19H,4,9-14H2,1-2H3,(H,28,30). The molecular weight excluding hydrogens is 469 g/mol. The van der Waals surface area contributed by atoms with Crippen LogP contribution in [0.15, 0.2) is 47.4 Å². The number of sulfonamides is 1. The molecule has 2 aromatic rings.